The molecular weight excluding hydrogens is 316 g/mol. The highest BCUT2D eigenvalue weighted by molar-refractivity contribution is 5.31. The van der Waals surface area contributed by atoms with Gasteiger partial charge in [0, 0.05) is 52.3 Å². The predicted octanol–water partition coefficient (Wildman–Crippen LogP) is 2.61. The zero-order valence-electron chi connectivity index (χ0n) is 15.5. The first-order valence-electron chi connectivity index (χ1n) is 8.78. The van der Waals surface area contributed by atoms with Crippen LogP contribution in [0.3, 0.4) is 0 Å². The molecule has 1 unspecified atom stereocenters. The Morgan fingerprint density at radius 1 is 1.20 bits per heavy atom. The van der Waals surface area contributed by atoms with Crippen molar-refractivity contribution in [1.82, 2.24) is 9.47 Å². The summed E-state index contributed by atoms with van der Waals surface area (Å²) >= 11 is 0. The average molecular weight is 346 g/mol. The van der Waals surface area contributed by atoms with Crippen molar-refractivity contribution in [2.24, 2.45) is 7.05 Å². The maximum absolute atomic E-state index is 10.4. The molecule has 2 rings (SSSR count). The van der Waals surface area contributed by atoms with E-state index in [0.717, 1.165) is 37.4 Å². The lowest BCUT2D eigenvalue weighted by Crippen LogP contribution is -2.36. The number of aliphatic hydroxyl groups is 1. The number of para-hydroxylation sites is 1. The molecule has 1 aromatic carbocycles. The minimum absolute atomic E-state index is 0.290. The van der Waals surface area contributed by atoms with Crippen molar-refractivity contribution in [3.63, 3.8) is 0 Å². The van der Waals surface area contributed by atoms with Crippen LogP contribution in [0.25, 0.3) is 0 Å². The van der Waals surface area contributed by atoms with Crippen molar-refractivity contribution in [1.29, 1.82) is 0 Å². The van der Waals surface area contributed by atoms with E-state index in [1.54, 1.807) is 7.11 Å². The topological polar surface area (TPSA) is 46.9 Å². The number of ether oxygens (including phenoxy) is 2. The van der Waals surface area contributed by atoms with Gasteiger partial charge in [0.1, 0.15) is 18.5 Å². The quantitative estimate of drug-likeness (QED) is 0.636. The van der Waals surface area contributed by atoms with Gasteiger partial charge in [-0.1, -0.05) is 18.2 Å². The van der Waals surface area contributed by atoms with Crippen LogP contribution in [-0.2, 0) is 18.3 Å². The molecule has 1 heterocycles. The summed E-state index contributed by atoms with van der Waals surface area (Å²) in [4.78, 5) is 2.25. The first kappa shape index (κ1) is 19.5. The zero-order valence-corrected chi connectivity index (χ0v) is 15.5. The minimum atomic E-state index is -0.539. The van der Waals surface area contributed by atoms with Crippen molar-refractivity contribution >= 4 is 0 Å². The largest absolute Gasteiger partial charge is 0.491 e. The van der Waals surface area contributed by atoms with Crippen LogP contribution in [0.15, 0.2) is 42.6 Å². The highest BCUT2D eigenvalue weighted by Crippen LogP contribution is 2.16. The molecule has 0 spiro atoms. The van der Waals surface area contributed by atoms with Gasteiger partial charge in [-0.15, -0.1) is 0 Å². The van der Waals surface area contributed by atoms with Gasteiger partial charge >= 0.3 is 0 Å². The van der Waals surface area contributed by atoms with E-state index in [0.29, 0.717) is 13.2 Å². The van der Waals surface area contributed by atoms with Crippen LogP contribution in [0, 0.1) is 6.92 Å². The molecule has 0 aliphatic heterocycles. The molecule has 0 saturated carbocycles. The molecule has 5 nitrogen and oxygen atoms in total. The van der Waals surface area contributed by atoms with Gasteiger partial charge in [-0.05, 0) is 37.1 Å². The monoisotopic (exact) mass is 346 g/mol. The van der Waals surface area contributed by atoms with E-state index in [9.17, 15) is 5.11 Å². The first-order valence-corrected chi connectivity index (χ1v) is 8.78. The summed E-state index contributed by atoms with van der Waals surface area (Å²) in [5.74, 6) is 0.829. The normalized spacial score (nSPS) is 12.5. The van der Waals surface area contributed by atoms with Crippen LogP contribution < -0.4 is 4.74 Å². The lowest BCUT2D eigenvalue weighted by molar-refractivity contribution is 0.0608. The number of methoxy groups -OCH3 is 1. The second kappa shape index (κ2) is 10.2. The molecule has 0 amide bonds. The summed E-state index contributed by atoms with van der Waals surface area (Å²) in [7, 11) is 3.76. The van der Waals surface area contributed by atoms with Gasteiger partial charge < -0.3 is 19.1 Å². The van der Waals surface area contributed by atoms with Gasteiger partial charge in [-0.2, -0.15) is 0 Å². The maximum atomic E-state index is 10.4. The lowest BCUT2D eigenvalue weighted by atomic mass is 10.2. The Labute approximate surface area is 150 Å². The van der Waals surface area contributed by atoms with Gasteiger partial charge in [0.05, 0.1) is 0 Å². The fourth-order valence-electron chi connectivity index (χ4n) is 2.81. The third-order valence-corrected chi connectivity index (χ3v) is 4.25. The number of aryl methyl sites for hydroxylation is 2. The summed E-state index contributed by atoms with van der Waals surface area (Å²) in [5, 5.41) is 10.4. The summed E-state index contributed by atoms with van der Waals surface area (Å²) in [6.07, 6.45) is 2.44. The van der Waals surface area contributed by atoms with E-state index in [1.165, 1.54) is 5.69 Å². The Hall–Kier alpha value is -1.82. The molecule has 0 bridgehead atoms. The first-order chi connectivity index (χ1) is 12.1. The minimum Gasteiger partial charge on any atom is -0.491 e. The third-order valence-electron chi connectivity index (χ3n) is 4.25. The van der Waals surface area contributed by atoms with Crippen LogP contribution in [0.5, 0.6) is 5.75 Å². The van der Waals surface area contributed by atoms with E-state index < -0.39 is 6.10 Å². The fraction of sp³-hybridized carbons (Fsp3) is 0.500. The van der Waals surface area contributed by atoms with Crippen LogP contribution in [0.1, 0.15) is 17.7 Å². The number of rotatable bonds is 11. The molecule has 2 aromatic rings. The Bertz CT molecular complexity index is 627. The van der Waals surface area contributed by atoms with Crippen molar-refractivity contribution in [2.45, 2.75) is 26.0 Å². The molecule has 0 aliphatic carbocycles. The molecule has 5 heteroatoms. The van der Waals surface area contributed by atoms with Crippen molar-refractivity contribution in [2.75, 3.05) is 33.4 Å². The van der Waals surface area contributed by atoms with E-state index in [-0.39, 0.29) is 0 Å². The third kappa shape index (κ3) is 6.53. The number of benzene rings is 1. The van der Waals surface area contributed by atoms with Crippen LogP contribution in [0.2, 0.25) is 0 Å². The Balaban J connectivity index is 1.88. The van der Waals surface area contributed by atoms with Gasteiger partial charge in [-0.3, -0.25) is 4.90 Å². The van der Waals surface area contributed by atoms with Gasteiger partial charge in [0.25, 0.3) is 0 Å². The molecule has 25 heavy (non-hydrogen) atoms. The number of hydrogen-bond donors (Lipinski definition) is 1. The predicted molar refractivity (Wildman–Crippen MR) is 99.9 cm³/mol. The van der Waals surface area contributed by atoms with Crippen LogP contribution >= 0.6 is 0 Å². The van der Waals surface area contributed by atoms with E-state index >= 15 is 0 Å². The van der Waals surface area contributed by atoms with Crippen molar-refractivity contribution in [3.05, 3.63) is 53.9 Å². The van der Waals surface area contributed by atoms with Gasteiger partial charge in [0.2, 0.25) is 0 Å². The number of aromatic nitrogens is 1. The molecule has 0 fully saturated rings. The summed E-state index contributed by atoms with van der Waals surface area (Å²) in [5.41, 5.74) is 2.31. The van der Waals surface area contributed by atoms with Gasteiger partial charge in [0.15, 0.2) is 0 Å². The summed E-state index contributed by atoms with van der Waals surface area (Å²) < 4.78 is 13.0. The molecule has 1 atom stereocenters. The molecule has 138 valence electrons. The summed E-state index contributed by atoms with van der Waals surface area (Å²) in [6, 6.07) is 12.0. The van der Waals surface area contributed by atoms with Crippen LogP contribution in [0.4, 0.5) is 0 Å². The highest BCUT2D eigenvalue weighted by Gasteiger charge is 2.14. The zero-order chi connectivity index (χ0) is 18.1. The Morgan fingerprint density at radius 3 is 2.68 bits per heavy atom. The second-order valence-electron chi connectivity index (χ2n) is 6.42. The van der Waals surface area contributed by atoms with E-state index in [2.05, 4.69) is 15.5 Å². The van der Waals surface area contributed by atoms with Gasteiger partial charge in [-0.25, -0.2) is 0 Å². The number of hydrogen-bond acceptors (Lipinski definition) is 4. The number of aliphatic hydroxyl groups excluding tert-OH is 1. The molecule has 0 radical (unpaired) electrons. The average Bonchev–Trinajstić information content (AvgIpc) is 2.99. The highest BCUT2D eigenvalue weighted by atomic mass is 16.5. The maximum Gasteiger partial charge on any atom is 0.122 e. The molecule has 1 N–H and O–H groups in total. The molecular formula is C20H30N2O3. The SMILES string of the molecule is COCCCN(Cc1cccn1C)CC(O)COc1ccccc1C. The van der Waals surface area contributed by atoms with Crippen LogP contribution in [-0.4, -0.2) is 54.1 Å². The van der Waals surface area contributed by atoms with Crippen molar-refractivity contribution in [3.8, 4) is 5.75 Å². The van der Waals surface area contributed by atoms with E-state index in [4.69, 9.17) is 9.47 Å². The van der Waals surface area contributed by atoms with Crippen molar-refractivity contribution < 1.29 is 14.6 Å². The standard InChI is InChI=1S/C20H30N2O3/c1-17-8-4-5-10-20(17)25-16-19(23)15-22(12-7-13-24-3)14-18-9-6-11-21(18)2/h4-6,8-11,19,23H,7,12-16H2,1-3H3. The lowest BCUT2D eigenvalue weighted by Gasteiger charge is -2.25. The fourth-order valence-corrected chi connectivity index (χ4v) is 2.81. The van der Waals surface area contributed by atoms with E-state index in [1.807, 2.05) is 50.5 Å². The smallest absolute Gasteiger partial charge is 0.122 e. The number of nitrogens with zero attached hydrogens (tertiary/aromatic N) is 2. The molecule has 0 saturated heterocycles. The second-order valence-corrected chi connectivity index (χ2v) is 6.42. The molecule has 1 aromatic heterocycles. The molecule has 0 aliphatic rings. The summed E-state index contributed by atoms with van der Waals surface area (Å²) in [6.45, 7) is 5.27. The Kier molecular flexibility index (Phi) is 7.98. The Morgan fingerprint density at radius 2 is 2.00 bits per heavy atom.